The van der Waals surface area contributed by atoms with Crippen molar-refractivity contribution in [3.63, 3.8) is 0 Å². The Labute approximate surface area is 122 Å². The summed E-state index contributed by atoms with van der Waals surface area (Å²) in [6, 6.07) is 4.36. The van der Waals surface area contributed by atoms with E-state index in [0.717, 1.165) is 0 Å². The van der Waals surface area contributed by atoms with Crippen LogP contribution < -0.4 is 9.47 Å². The van der Waals surface area contributed by atoms with Crippen LogP contribution in [-0.4, -0.2) is 25.3 Å². The van der Waals surface area contributed by atoms with Crippen LogP contribution in [0.15, 0.2) is 24.3 Å². The van der Waals surface area contributed by atoms with Gasteiger partial charge in [0.2, 0.25) is 0 Å². The highest BCUT2D eigenvalue weighted by molar-refractivity contribution is 5.87. The van der Waals surface area contributed by atoms with Gasteiger partial charge in [-0.05, 0) is 44.5 Å². The molecular formula is C15H18F2O4. The van der Waals surface area contributed by atoms with E-state index in [1.165, 1.54) is 37.5 Å². The zero-order chi connectivity index (χ0) is 16.0. The Morgan fingerprint density at radius 2 is 1.90 bits per heavy atom. The van der Waals surface area contributed by atoms with Gasteiger partial charge in [-0.2, -0.15) is 8.78 Å². The standard InChI is InChI=1S/C15H18F2O4/c1-15(2,3)21-13(18)8-6-10-5-7-11(20-14(16)17)12(9-10)19-4/h5-9,14H,1-4H3/b8-6+. The molecule has 0 amide bonds. The second-order valence-corrected chi connectivity index (χ2v) is 5.16. The predicted octanol–water partition coefficient (Wildman–Crippen LogP) is 3.65. The summed E-state index contributed by atoms with van der Waals surface area (Å²) >= 11 is 0. The number of methoxy groups -OCH3 is 1. The molecule has 0 N–H and O–H groups in total. The molecule has 0 bridgehead atoms. The molecule has 21 heavy (non-hydrogen) atoms. The maximum absolute atomic E-state index is 12.2. The number of benzene rings is 1. The molecule has 0 aliphatic carbocycles. The van der Waals surface area contributed by atoms with Gasteiger partial charge < -0.3 is 14.2 Å². The second-order valence-electron chi connectivity index (χ2n) is 5.16. The molecular weight excluding hydrogens is 282 g/mol. The predicted molar refractivity (Wildman–Crippen MR) is 74.5 cm³/mol. The van der Waals surface area contributed by atoms with Crippen molar-refractivity contribution < 1.29 is 27.8 Å². The summed E-state index contributed by atoms with van der Waals surface area (Å²) in [5.41, 5.74) is 0.0213. The van der Waals surface area contributed by atoms with Gasteiger partial charge in [-0.15, -0.1) is 0 Å². The third-order valence-electron chi connectivity index (χ3n) is 2.22. The lowest BCUT2D eigenvalue weighted by atomic mass is 10.2. The number of rotatable bonds is 5. The first-order valence-electron chi connectivity index (χ1n) is 6.25. The molecule has 1 aromatic carbocycles. The van der Waals surface area contributed by atoms with Gasteiger partial charge in [0, 0.05) is 6.08 Å². The minimum absolute atomic E-state index is 0.0677. The highest BCUT2D eigenvalue weighted by atomic mass is 19.3. The first-order chi connectivity index (χ1) is 9.71. The molecule has 0 radical (unpaired) electrons. The van der Waals surface area contributed by atoms with E-state index in [1.54, 1.807) is 20.8 Å². The smallest absolute Gasteiger partial charge is 0.387 e. The van der Waals surface area contributed by atoms with Crippen molar-refractivity contribution in [2.75, 3.05) is 7.11 Å². The average molecular weight is 300 g/mol. The number of esters is 1. The van der Waals surface area contributed by atoms with Gasteiger partial charge in [-0.1, -0.05) is 6.07 Å². The van der Waals surface area contributed by atoms with E-state index >= 15 is 0 Å². The second kappa shape index (κ2) is 7.06. The molecule has 0 aromatic heterocycles. The fourth-order valence-electron chi connectivity index (χ4n) is 1.48. The Morgan fingerprint density at radius 1 is 1.24 bits per heavy atom. The van der Waals surface area contributed by atoms with Gasteiger partial charge >= 0.3 is 12.6 Å². The van der Waals surface area contributed by atoms with E-state index < -0.39 is 18.2 Å². The topological polar surface area (TPSA) is 44.8 Å². The van der Waals surface area contributed by atoms with Crippen molar-refractivity contribution in [2.24, 2.45) is 0 Å². The highest BCUT2D eigenvalue weighted by Crippen LogP contribution is 2.29. The third kappa shape index (κ3) is 6.25. The summed E-state index contributed by atoms with van der Waals surface area (Å²) < 4.78 is 38.8. The van der Waals surface area contributed by atoms with Crippen molar-refractivity contribution >= 4 is 12.0 Å². The summed E-state index contributed by atoms with van der Waals surface area (Å²) in [6.45, 7) is 2.36. The third-order valence-corrected chi connectivity index (χ3v) is 2.22. The lowest BCUT2D eigenvalue weighted by molar-refractivity contribution is -0.148. The SMILES string of the molecule is COc1cc(/C=C/C(=O)OC(C)(C)C)ccc1OC(F)F. The quantitative estimate of drug-likeness (QED) is 0.615. The molecule has 0 aliphatic rings. The lowest BCUT2D eigenvalue weighted by Crippen LogP contribution is -2.22. The number of carbonyl (C=O) groups excluding carboxylic acids is 1. The zero-order valence-electron chi connectivity index (χ0n) is 12.4. The highest BCUT2D eigenvalue weighted by Gasteiger charge is 2.14. The van der Waals surface area contributed by atoms with Gasteiger partial charge in [0.1, 0.15) is 5.60 Å². The van der Waals surface area contributed by atoms with Crippen molar-refractivity contribution in [3.05, 3.63) is 29.8 Å². The molecule has 6 heteroatoms. The molecule has 116 valence electrons. The molecule has 1 aromatic rings. The first-order valence-corrected chi connectivity index (χ1v) is 6.25. The molecule has 0 atom stereocenters. The molecule has 4 nitrogen and oxygen atoms in total. The van der Waals surface area contributed by atoms with Crippen molar-refractivity contribution in [1.82, 2.24) is 0 Å². The Balaban J connectivity index is 2.83. The van der Waals surface area contributed by atoms with Crippen LogP contribution >= 0.6 is 0 Å². The van der Waals surface area contributed by atoms with Crippen LogP contribution in [0.5, 0.6) is 11.5 Å². The fourth-order valence-corrected chi connectivity index (χ4v) is 1.48. The van der Waals surface area contributed by atoms with Gasteiger partial charge in [0.15, 0.2) is 11.5 Å². The van der Waals surface area contributed by atoms with E-state index in [-0.39, 0.29) is 11.5 Å². The van der Waals surface area contributed by atoms with Crippen molar-refractivity contribution in [1.29, 1.82) is 0 Å². The zero-order valence-corrected chi connectivity index (χ0v) is 12.4. The number of carbonyl (C=O) groups is 1. The Hall–Kier alpha value is -2.11. The minimum atomic E-state index is -2.93. The molecule has 0 spiro atoms. The van der Waals surface area contributed by atoms with Crippen LogP contribution in [0.25, 0.3) is 6.08 Å². The van der Waals surface area contributed by atoms with E-state index in [4.69, 9.17) is 9.47 Å². The van der Waals surface area contributed by atoms with E-state index in [2.05, 4.69) is 4.74 Å². The maximum Gasteiger partial charge on any atom is 0.387 e. The average Bonchev–Trinajstić information content (AvgIpc) is 2.34. The fraction of sp³-hybridized carbons (Fsp3) is 0.400. The monoisotopic (exact) mass is 300 g/mol. The number of ether oxygens (including phenoxy) is 3. The largest absolute Gasteiger partial charge is 0.493 e. The van der Waals surface area contributed by atoms with Crippen LogP contribution in [0, 0.1) is 0 Å². The summed E-state index contributed by atoms with van der Waals surface area (Å²) in [4.78, 5) is 11.5. The van der Waals surface area contributed by atoms with Crippen LogP contribution in [0.2, 0.25) is 0 Å². The number of alkyl halides is 2. The number of hydrogen-bond donors (Lipinski definition) is 0. The number of hydrogen-bond acceptors (Lipinski definition) is 4. The summed E-state index contributed by atoms with van der Waals surface area (Å²) in [5, 5.41) is 0. The van der Waals surface area contributed by atoms with Gasteiger partial charge in [0.25, 0.3) is 0 Å². The van der Waals surface area contributed by atoms with Crippen LogP contribution in [0.1, 0.15) is 26.3 Å². The molecule has 0 heterocycles. The first kappa shape index (κ1) is 16.9. The molecule has 0 aliphatic heterocycles. The van der Waals surface area contributed by atoms with Crippen LogP contribution in [0.4, 0.5) is 8.78 Å². The Bertz CT molecular complexity index is 519. The number of halogens is 2. The molecule has 0 fully saturated rings. The molecule has 0 saturated heterocycles. The normalized spacial score (nSPS) is 11.8. The molecule has 0 saturated carbocycles. The van der Waals surface area contributed by atoms with Gasteiger partial charge in [0.05, 0.1) is 7.11 Å². The lowest BCUT2D eigenvalue weighted by Gasteiger charge is -2.17. The summed E-state index contributed by atoms with van der Waals surface area (Å²) in [6.07, 6.45) is 2.76. The Kier molecular flexibility index (Phi) is 5.69. The van der Waals surface area contributed by atoms with E-state index in [1.807, 2.05) is 0 Å². The van der Waals surface area contributed by atoms with Crippen LogP contribution in [0.3, 0.4) is 0 Å². The van der Waals surface area contributed by atoms with Crippen LogP contribution in [-0.2, 0) is 9.53 Å². The van der Waals surface area contributed by atoms with Gasteiger partial charge in [-0.25, -0.2) is 4.79 Å². The van der Waals surface area contributed by atoms with E-state index in [0.29, 0.717) is 5.56 Å². The van der Waals surface area contributed by atoms with Gasteiger partial charge in [-0.3, -0.25) is 0 Å². The molecule has 1 rings (SSSR count). The van der Waals surface area contributed by atoms with E-state index in [9.17, 15) is 13.6 Å². The van der Waals surface area contributed by atoms with Crippen molar-refractivity contribution in [3.8, 4) is 11.5 Å². The maximum atomic E-state index is 12.2. The summed E-state index contributed by atoms with van der Waals surface area (Å²) in [5.74, 6) is -0.405. The summed E-state index contributed by atoms with van der Waals surface area (Å²) in [7, 11) is 1.34. The Morgan fingerprint density at radius 3 is 2.43 bits per heavy atom. The van der Waals surface area contributed by atoms with Crippen molar-refractivity contribution in [2.45, 2.75) is 33.0 Å². The molecule has 0 unspecified atom stereocenters. The minimum Gasteiger partial charge on any atom is -0.493 e.